The van der Waals surface area contributed by atoms with Crippen LogP contribution in [-0.4, -0.2) is 26.5 Å². The lowest BCUT2D eigenvalue weighted by atomic mass is 10.3. The molecule has 27 heavy (non-hydrogen) atoms. The van der Waals surface area contributed by atoms with Crippen LogP contribution in [0.1, 0.15) is 12.8 Å². The number of hydrogen-bond acceptors (Lipinski definition) is 4. The summed E-state index contributed by atoms with van der Waals surface area (Å²) in [4.78, 5) is 26.7. The van der Waals surface area contributed by atoms with Gasteiger partial charge in [-0.15, -0.1) is 0 Å². The molecule has 1 aromatic carbocycles. The van der Waals surface area contributed by atoms with Crippen molar-refractivity contribution in [1.82, 2.24) is 9.38 Å². The Morgan fingerprint density at radius 1 is 1.15 bits per heavy atom. The van der Waals surface area contributed by atoms with Gasteiger partial charge in [0, 0.05) is 12.0 Å². The minimum Gasteiger partial charge on any atom is -0.465 e. The largest absolute Gasteiger partial charge is 0.465 e. The number of nitrogens with zero attached hydrogens (tertiary/aromatic N) is 2. The maximum atomic E-state index is 13.9. The van der Waals surface area contributed by atoms with Crippen molar-refractivity contribution in [3.63, 3.8) is 0 Å². The Bertz CT molecular complexity index is 1050. The van der Waals surface area contributed by atoms with Gasteiger partial charge >= 0.3 is 6.09 Å². The number of hydrogen-bond donors (Lipinski definition) is 3. The van der Waals surface area contributed by atoms with Gasteiger partial charge in [-0.1, -0.05) is 0 Å². The van der Waals surface area contributed by atoms with Crippen LogP contribution in [0.25, 0.3) is 5.65 Å². The number of amides is 2. The van der Waals surface area contributed by atoms with E-state index in [0.29, 0.717) is 17.2 Å². The molecule has 0 atom stereocenters. The van der Waals surface area contributed by atoms with Crippen LogP contribution in [0.5, 0.6) is 11.5 Å². The molecule has 0 radical (unpaired) electrons. The minimum atomic E-state index is -1.35. The quantitative estimate of drug-likeness (QED) is 0.635. The molecule has 0 bridgehead atoms. The first kappa shape index (κ1) is 16.8. The van der Waals surface area contributed by atoms with Crippen molar-refractivity contribution in [2.24, 2.45) is 5.92 Å². The Balaban J connectivity index is 1.51. The first-order chi connectivity index (χ1) is 13.0. The fraction of sp³-hybridized carbons (Fsp3) is 0.167. The highest BCUT2D eigenvalue weighted by atomic mass is 19.1. The zero-order valence-corrected chi connectivity index (χ0v) is 14.0. The predicted octanol–water partition coefficient (Wildman–Crippen LogP) is 3.70. The molecule has 0 unspecified atom stereocenters. The molecule has 1 saturated carbocycles. The maximum Gasteiger partial charge on any atom is 0.409 e. The van der Waals surface area contributed by atoms with Gasteiger partial charge in [0.1, 0.15) is 17.1 Å². The Kier molecular flexibility index (Phi) is 4.11. The molecule has 138 valence electrons. The Morgan fingerprint density at radius 2 is 1.93 bits per heavy atom. The van der Waals surface area contributed by atoms with E-state index in [1.807, 2.05) is 5.32 Å². The van der Waals surface area contributed by atoms with Crippen LogP contribution in [0.2, 0.25) is 0 Å². The first-order valence-corrected chi connectivity index (χ1v) is 8.25. The highest BCUT2D eigenvalue weighted by Crippen LogP contribution is 2.30. The van der Waals surface area contributed by atoms with Crippen LogP contribution in [0.4, 0.5) is 20.7 Å². The van der Waals surface area contributed by atoms with E-state index in [-0.39, 0.29) is 23.3 Å². The lowest BCUT2D eigenvalue weighted by molar-refractivity contribution is -0.117. The highest BCUT2D eigenvalue weighted by molar-refractivity contribution is 5.93. The zero-order valence-electron chi connectivity index (χ0n) is 14.0. The van der Waals surface area contributed by atoms with Gasteiger partial charge in [0.2, 0.25) is 5.91 Å². The van der Waals surface area contributed by atoms with Crippen molar-refractivity contribution >= 4 is 29.2 Å². The smallest absolute Gasteiger partial charge is 0.409 e. The number of ether oxygens (including phenoxy) is 1. The summed E-state index contributed by atoms with van der Waals surface area (Å²) in [6, 6.07) is 7.19. The number of carbonyl (C=O) groups is 2. The van der Waals surface area contributed by atoms with Crippen molar-refractivity contribution in [3.8, 4) is 11.5 Å². The summed E-state index contributed by atoms with van der Waals surface area (Å²) in [5.74, 6) is 0.411. The molecule has 2 aromatic heterocycles. The van der Waals surface area contributed by atoms with Crippen LogP contribution >= 0.6 is 0 Å². The number of nitrogens with one attached hydrogen (secondary N) is 2. The van der Waals surface area contributed by atoms with Crippen molar-refractivity contribution < 1.29 is 23.8 Å². The molecule has 1 fully saturated rings. The molecular weight excluding hydrogens is 355 g/mol. The summed E-state index contributed by atoms with van der Waals surface area (Å²) < 4.78 is 21.2. The van der Waals surface area contributed by atoms with Crippen LogP contribution in [-0.2, 0) is 4.79 Å². The predicted molar refractivity (Wildman–Crippen MR) is 94.7 cm³/mol. The number of rotatable bonds is 5. The van der Waals surface area contributed by atoms with Gasteiger partial charge in [-0.25, -0.2) is 14.2 Å². The molecule has 1 aliphatic carbocycles. The molecule has 9 heteroatoms. The van der Waals surface area contributed by atoms with Crippen LogP contribution < -0.4 is 15.4 Å². The molecular formula is C18H15FN4O4. The molecule has 2 amide bonds. The van der Waals surface area contributed by atoms with Gasteiger partial charge < -0.3 is 19.6 Å². The van der Waals surface area contributed by atoms with E-state index in [1.54, 1.807) is 28.9 Å². The Labute approximate surface area is 152 Å². The lowest BCUT2D eigenvalue weighted by Gasteiger charge is -2.08. The van der Waals surface area contributed by atoms with Gasteiger partial charge in [-0.05, 0) is 37.1 Å². The van der Waals surface area contributed by atoms with Gasteiger partial charge in [-0.3, -0.25) is 10.1 Å². The monoisotopic (exact) mass is 370 g/mol. The van der Waals surface area contributed by atoms with Crippen LogP contribution in [0, 0.1) is 11.7 Å². The summed E-state index contributed by atoms with van der Waals surface area (Å²) >= 11 is 0. The van der Waals surface area contributed by atoms with E-state index in [9.17, 15) is 14.0 Å². The summed E-state index contributed by atoms with van der Waals surface area (Å²) in [5.41, 5.74) is 0.469. The van der Waals surface area contributed by atoms with Gasteiger partial charge in [0.25, 0.3) is 0 Å². The Morgan fingerprint density at radius 3 is 2.63 bits per heavy atom. The van der Waals surface area contributed by atoms with E-state index in [2.05, 4.69) is 10.3 Å². The minimum absolute atomic E-state index is 0.0274. The average Bonchev–Trinajstić information content (AvgIpc) is 3.38. The summed E-state index contributed by atoms with van der Waals surface area (Å²) in [6.45, 7) is 0. The fourth-order valence-electron chi connectivity index (χ4n) is 2.58. The van der Waals surface area contributed by atoms with Crippen molar-refractivity contribution in [1.29, 1.82) is 0 Å². The number of fused-ring (bicyclic) bond motifs is 1. The van der Waals surface area contributed by atoms with Gasteiger partial charge in [0.05, 0.1) is 18.1 Å². The van der Waals surface area contributed by atoms with E-state index in [1.165, 1.54) is 12.1 Å². The van der Waals surface area contributed by atoms with E-state index >= 15 is 0 Å². The normalized spacial score (nSPS) is 13.4. The topological polar surface area (TPSA) is 105 Å². The summed E-state index contributed by atoms with van der Waals surface area (Å²) in [7, 11) is 0. The maximum absolute atomic E-state index is 13.9. The first-order valence-electron chi connectivity index (χ1n) is 8.25. The molecule has 0 spiro atoms. The molecule has 1 aliphatic rings. The van der Waals surface area contributed by atoms with Crippen molar-refractivity contribution in [3.05, 3.63) is 48.5 Å². The number of aromatic nitrogens is 2. The second-order valence-corrected chi connectivity index (χ2v) is 6.19. The fourth-order valence-corrected chi connectivity index (χ4v) is 2.58. The summed E-state index contributed by atoms with van der Waals surface area (Å²) in [6.07, 6.45) is 3.79. The van der Waals surface area contributed by atoms with Gasteiger partial charge in [0.15, 0.2) is 11.6 Å². The third-order valence-corrected chi connectivity index (χ3v) is 4.04. The molecule has 8 nitrogen and oxygen atoms in total. The van der Waals surface area contributed by atoms with Crippen molar-refractivity contribution in [2.45, 2.75) is 12.8 Å². The third-order valence-electron chi connectivity index (χ3n) is 4.04. The third kappa shape index (κ3) is 3.81. The molecule has 0 aliphatic heterocycles. The number of carboxylic acid groups (broad SMARTS) is 1. The number of benzene rings is 1. The van der Waals surface area contributed by atoms with E-state index in [0.717, 1.165) is 18.9 Å². The van der Waals surface area contributed by atoms with E-state index in [4.69, 9.17) is 9.84 Å². The summed E-state index contributed by atoms with van der Waals surface area (Å²) in [5, 5.41) is 13.4. The van der Waals surface area contributed by atoms with Crippen LogP contribution in [0.3, 0.4) is 0 Å². The second kappa shape index (κ2) is 6.60. The van der Waals surface area contributed by atoms with E-state index < -0.39 is 11.9 Å². The highest BCUT2D eigenvalue weighted by Gasteiger charge is 2.30. The number of halogens is 1. The SMILES string of the molecule is O=C(O)Nc1ccc(Oc2ccc3nc(NC(=O)C4CC4)cn3c2)cc1F. The zero-order chi connectivity index (χ0) is 19.0. The molecule has 2 heterocycles. The van der Waals surface area contributed by atoms with Crippen LogP contribution in [0.15, 0.2) is 42.7 Å². The molecule has 3 N–H and O–H groups in total. The average molecular weight is 370 g/mol. The molecule has 3 aromatic rings. The number of anilines is 2. The Hall–Kier alpha value is -3.62. The van der Waals surface area contributed by atoms with Crippen molar-refractivity contribution in [2.75, 3.05) is 10.6 Å². The number of imidazole rings is 1. The lowest BCUT2D eigenvalue weighted by Crippen LogP contribution is -2.13. The number of pyridine rings is 1. The van der Waals surface area contributed by atoms with Gasteiger partial charge in [-0.2, -0.15) is 0 Å². The molecule has 0 saturated heterocycles. The standard InChI is InChI=1S/C18H15FN4O4/c19-13-7-11(3-5-14(13)20-18(25)26)27-12-4-6-16-21-15(9-23(16)8-12)22-17(24)10-1-2-10/h3-10,20H,1-2H2,(H,22,24)(H,25,26). The number of carbonyl (C=O) groups excluding carboxylic acids is 1. The molecule has 4 rings (SSSR count). The second-order valence-electron chi connectivity index (χ2n) is 6.19.